The molecule has 0 fully saturated rings. The number of carboxylic acid groups (broad SMARTS) is 1. The maximum Gasteiger partial charge on any atom is 0.307 e. The van der Waals surface area contributed by atoms with E-state index in [4.69, 9.17) is 14.6 Å². The zero-order valence-electron chi connectivity index (χ0n) is 9.33. The average Bonchev–Trinajstić information content (AvgIpc) is 2.20. The first-order valence-electron chi connectivity index (χ1n) is 4.63. The van der Waals surface area contributed by atoms with E-state index >= 15 is 0 Å². The average molecular weight is 289 g/mol. The Morgan fingerprint density at radius 1 is 1.38 bits per heavy atom. The third-order valence-electron chi connectivity index (χ3n) is 2.25. The molecule has 0 radical (unpaired) electrons. The van der Waals surface area contributed by atoms with Crippen LogP contribution in [0.3, 0.4) is 0 Å². The number of hydrogen-bond acceptors (Lipinski definition) is 3. The predicted molar refractivity (Wildman–Crippen MR) is 63.3 cm³/mol. The molecular weight excluding hydrogens is 276 g/mol. The van der Waals surface area contributed by atoms with Crippen molar-refractivity contribution in [3.8, 4) is 11.5 Å². The van der Waals surface area contributed by atoms with Gasteiger partial charge < -0.3 is 14.6 Å². The van der Waals surface area contributed by atoms with Gasteiger partial charge in [-0.3, -0.25) is 4.79 Å². The minimum atomic E-state index is -0.897. The summed E-state index contributed by atoms with van der Waals surface area (Å²) in [6, 6.07) is 1.82. The van der Waals surface area contributed by atoms with Crippen LogP contribution in [-0.2, 0) is 11.2 Å². The number of aliphatic carboxylic acids is 1. The van der Waals surface area contributed by atoms with Crippen molar-refractivity contribution < 1.29 is 19.4 Å². The van der Waals surface area contributed by atoms with E-state index in [0.717, 1.165) is 10.0 Å². The first-order chi connectivity index (χ1) is 7.51. The fraction of sp³-hybridized carbons (Fsp3) is 0.364. The second kappa shape index (κ2) is 5.21. The molecule has 0 bridgehead atoms. The summed E-state index contributed by atoms with van der Waals surface area (Å²) in [4.78, 5) is 10.8. The Morgan fingerprint density at radius 3 is 2.38 bits per heavy atom. The predicted octanol–water partition coefficient (Wildman–Crippen LogP) is 2.40. The third-order valence-corrected chi connectivity index (χ3v) is 2.84. The van der Waals surface area contributed by atoms with Gasteiger partial charge in [0, 0.05) is 5.56 Å². The zero-order valence-corrected chi connectivity index (χ0v) is 10.9. The highest BCUT2D eigenvalue weighted by molar-refractivity contribution is 9.10. The molecule has 0 heterocycles. The Morgan fingerprint density at radius 2 is 1.94 bits per heavy atom. The Bertz CT molecular complexity index is 415. The van der Waals surface area contributed by atoms with Gasteiger partial charge in [-0.05, 0) is 34.5 Å². The number of methoxy groups -OCH3 is 2. The lowest BCUT2D eigenvalue weighted by Crippen LogP contribution is -2.06. The number of ether oxygens (including phenoxy) is 2. The van der Waals surface area contributed by atoms with Gasteiger partial charge in [-0.25, -0.2) is 0 Å². The van der Waals surface area contributed by atoms with Crippen molar-refractivity contribution in [1.29, 1.82) is 0 Å². The van der Waals surface area contributed by atoms with Gasteiger partial charge in [0.15, 0.2) is 11.5 Å². The van der Waals surface area contributed by atoms with Crippen LogP contribution in [0.2, 0.25) is 0 Å². The molecule has 1 N–H and O–H groups in total. The number of carbonyl (C=O) groups is 1. The number of benzene rings is 1. The summed E-state index contributed by atoms with van der Waals surface area (Å²) in [5.74, 6) is 0.0897. The topological polar surface area (TPSA) is 55.8 Å². The van der Waals surface area contributed by atoms with E-state index in [-0.39, 0.29) is 6.42 Å². The molecule has 4 nitrogen and oxygen atoms in total. The summed E-state index contributed by atoms with van der Waals surface area (Å²) in [5, 5.41) is 8.84. The van der Waals surface area contributed by atoms with E-state index in [1.165, 1.54) is 14.2 Å². The molecule has 0 aliphatic rings. The minimum absolute atomic E-state index is 0.0847. The standard InChI is InChI=1S/C11H13BrO4/c1-6-4-8(12)11(16-3)10(15-2)7(6)5-9(13)14/h4H,5H2,1-3H3,(H,13,14). The maximum atomic E-state index is 10.8. The van der Waals surface area contributed by atoms with Crippen LogP contribution in [0, 0.1) is 6.92 Å². The normalized spacial score (nSPS) is 10.0. The molecule has 5 heteroatoms. The molecule has 0 spiro atoms. The molecule has 1 aromatic rings. The minimum Gasteiger partial charge on any atom is -0.493 e. The summed E-state index contributed by atoms with van der Waals surface area (Å²) >= 11 is 3.35. The van der Waals surface area contributed by atoms with Crippen molar-refractivity contribution in [2.24, 2.45) is 0 Å². The fourth-order valence-corrected chi connectivity index (χ4v) is 2.23. The molecule has 0 saturated heterocycles. The highest BCUT2D eigenvalue weighted by Crippen LogP contribution is 2.40. The van der Waals surface area contributed by atoms with Gasteiger partial charge >= 0.3 is 5.97 Å². The molecule has 1 rings (SSSR count). The summed E-state index contributed by atoms with van der Waals surface area (Å²) in [5.41, 5.74) is 1.49. The van der Waals surface area contributed by atoms with Crippen molar-refractivity contribution in [3.63, 3.8) is 0 Å². The number of carboxylic acids is 1. The Balaban J connectivity index is 3.39. The first-order valence-corrected chi connectivity index (χ1v) is 5.42. The number of halogens is 1. The van der Waals surface area contributed by atoms with Gasteiger partial charge in [-0.1, -0.05) is 0 Å². The highest BCUT2D eigenvalue weighted by atomic mass is 79.9. The number of aryl methyl sites for hydroxylation is 1. The van der Waals surface area contributed by atoms with Gasteiger partial charge in [-0.15, -0.1) is 0 Å². The van der Waals surface area contributed by atoms with Crippen LogP contribution in [-0.4, -0.2) is 25.3 Å². The molecular formula is C11H13BrO4. The van der Waals surface area contributed by atoms with Crippen molar-refractivity contribution in [2.45, 2.75) is 13.3 Å². The van der Waals surface area contributed by atoms with Crippen molar-refractivity contribution in [2.75, 3.05) is 14.2 Å². The molecule has 0 atom stereocenters. The van der Waals surface area contributed by atoms with E-state index in [1.54, 1.807) is 0 Å². The van der Waals surface area contributed by atoms with Crippen LogP contribution >= 0.6 is 15.9 Å². The van der Waals surface area contributed by atoms with Crippen LogP contribution in [0.15, 0.2) is 10.5 Å². The van der Waals surface area contributed by atoms with Crippen molar-refractivity contribution in [1.82, 2.24) is 0 Å². The Kier molecular flexibility index (Phi) is 4.18. The molecule has 1 aromatic carbocycles. The SMILES string of the molecule is COc1c(Br)cc(C)c(CC(=O)O)c1OC. The quantitative estimate of drug-likeness (QED) is 0.924. The van der Waals surface area contributed by atoms with Crippen LogP contribution in [0.5, 0.6) is 11.5 Å². The van der Waals surface area contributed by atoms with Gasteiger partial charge in [0.05, 0.1) is 25.1 Å². The molecule has 0 saturated carbocycles. The fourth-order valence-electron chi connectivity index (χ4n) is 1.54. The second-order valence-electron chi connectivity index (χ2n) is 3.29. The zero-order chi connectivity index (χ0) is 12.3. The summed E-state index contributed by atoms with van der Waals surface area (Å²) in [6.07, 6.45) is -0.0847. The van der Waals surface area contributed by atoms with E-state index < -0.39 is 5.97 Å². The molecule has 0 unspecified atom stereocenters. The summed E-state index contributed by atoms with van der Waals surface area (Å²) < 4.78 is 11.1. The van der Waals surface area contributed by atoms with E-state index in [2.05, 4.69) is 15.9 Å². The molecule has 16 heavy (non-hydrogen) atoms. The number of rotatable bonds is 4. The van der Waals surface area contributed by atoms with Gasteiger partial charge in [0.1, 0.15) is 0 Å². The number of hydrogen-bond donors (Lipinski definition) is 1. The lowest BCUT2D eigenvalue weighted by atomic mass is 10.0. The Hall–Kier alpha value is -1.23. The molecule has 0 aliphatic heterocycles. The molecule has 0 amide bonds. The first kappa shape index (κ1) is 12.8. The highest BCUT2D eigenvalue weighted by Gasteiger charge is 2.18. The molecule has 0 aromatic heterocycles. The summed E-state index contributed by atoms with van der Waals surface area (Å²) in [7, 11) is 3.01. The van der Waals surface area contributed by atoms with Gasteiger partial charge in [0.25, 0.3) is 0 Å². The van der Waals surface area contributed by atoms with Gasteiger partial charge in [-0.2, -0.15) is 0 Å². The summed E-state index contributed by atoms with van der Waals surface area (Å²) in [6.45, 7) is 1.84. The lowest BCUT2D eigenvalue weighted by molar-refractivity contribution is -0.136. The van der Waals surface area contributed by atoms with Crippen LogP contribution in [0.4, 0.5) is 0 Å². The van der Waals surface area contributed by atoms with E-state index in [1.807, 2.05) is 13.0 Å². The third kappa shape index (κ3) is 2.47. The van der Waals surface area contributed by atoms with Crippen LogP contribution in [0.25, 0.3) is 0 Å². The molecule has 0 aliphatic carbocycles. The smallest absolute Gasteiger partial charge is 0.307 e. The van der Waals surface area contributed by atoms with Crippen molar-refractivity contribution in [3.05, 3.63) is 21.7 Å². The van der Waals surface area contributed by atoms with E-state index in [0.29, 0.717) is 17.1 Å². The maximum absolute atomic E-state index is 10.8. The molecule has 88 valence electrons. The van der Waals surface area contributed by atoms with Crippen LogP contribution < -0.4 is 9.47 Å². The monoisotopic (exact) mass is 288 g/mol. The second-order valence-corrected chi connectivity index (χ2v) is 4.15. The van der Waals surface area contributed by atoms with Crippen LogP contribution in [0.1, 0.15) is 11.1 Å². The lowest BCUT2D eigenvalue weighted by Gasteiger charge is -2.15. The van der Waals surface area contributed by atoms with Crippen molar-refractivity contribution >= 4 is 21.9 Å². The van der Waals surface area contributed by atoms with Gasteiger partial charge in [0.2, 0.25) is 0 Å². The Labute approximate surface area is 102 Å². The van der Waals surface area contributed by atoms with E-state index in [9.17, 15) is 4.79 Å². The largest absolute Gasteiger partial charge is 0.493 e.